The number of pyridine rings is 1. The van der Waals surface area contributed by atoms with Crippen LogP contribution < -0.4 is 10.6 Å². The average molecular weight is 458 g/mol. The summed E-state index contributed by atoms with van der Waals surface area (Å²) >= 11 is 6.73. The smallest absolute Gasteiger partial charge is 0.405 e. The number of amides is 1. The fourth-order valence-corrected chi connectivity index (χ4v) is 5.09. The number of imidazole rings is 1. The molecule has 0 spiro atoms. The van der Waals surface area contributed by atoms with Crippen molar-refractivity contribution in [2.75, 3.05) is 5.32 Å². The first-order valence-electron chi connectivity index (χ1n) is 10.8. The maximum atomic E-state index is 11.3. The molecule has 8 heteroatoms. The molecule has 2 aliphatic rings. The highest BCUT2D eigenvalue weighted by Gasteiger charge is 2.40. The highest BCUT2D eigenvalue weighted by molar-refractivity contribution is 6.32. The Kier molecular flexibility index (Phi) is 4.41. The molecule has 1 aliphatic carbocycles. The van der Waals surface area contributed by atoms with E-state index in [0.29, 0.717) is 5.15 Å². The SMILES string of the molecule is O=C(O)NC1(c2ccc(-c3c(Cl)nc4n3-c3cccnc3Nc3ccccc3-4)cc2)CCC1. The van der Waals surface area contributed by atoms with Gasteiger partial charge in [-0.05, 0) is 49.1 Å². The van der Waals surface area contributed by atoms with Gasteiger partial charge in [0, 0.05) is 17.3 Å². The van der Waals surface area contributed by atoms with Crippen LogP contribution in [0.3, 0.4) is 0 Å². The molecule has 0 saturated heterocycles. The maximum Gasteiger partial charge on any atom is 0.405 e. The second-order valence-electron chi connectivity index (χ2n) is 8.40. The van der Waals surface area contributed by atoms with E-state index in [1.807, 2.05) is 65.2 Å². The normalized spacial score (nSPS) is 15.2. The third kappa shape index (κ3) is 3.08. The Morgan fingerprint density at radius 2 is 1.88 bits per heavy atom. The van der Waals surface area contributed by atoms with E-state index in [0.717, 1.165) is 64.7 Å². The number of nitrogens with zero attached hydrogens (tertiary/aromatic N) is 3. The summed E-state index contributed by atoms with van der Waals surface area (Å²) in [6.45, 7) is 0. The third-order valence-corrected chi connectivity index (χ3v) is 6.81. The molecular formula is C25H20ClN5O2. The number of rotatable bonds is 3. The molecule has 3 heterocycles. The number of hydrogen-bond donors (Lipinski definition) is 3. The summed E-state index contributed by atoms with van der Waals surface area (Å²) in [7, 11) is 0. The number of fused-ring (bicyclic) bond motifs is 5. The van der Waals surface area contributed by atoms with Gasteiger partial charge in [-0.3, -0.25) is 4.57 Å². The molecule has 164 valence electrons. The molecular weight excluding hydrogens is 438 g/mol. The van der Waals surface area contributed by atoms with Crippen LogP contribution >= 0.6 is 11.6 Å². The average Bonchev–Trinajstić information content (AvgIpc) is 3.07. The van der Waals surface area contributed by atoms with Crippen LogP contribution in [0.15, 0.2) is 66.9 Å². The van der Waals surface area contributed by atoms with Crippen LogP contribution in [0.25, 0.3) is 28.3 Å². The van der Waals surface area contributed by atoms with Gasteiger partial charge < -0.3 is 15.7 Å². The number of nitrogens with one attached hydrogen (secondary N) is 2. The molecule has 1 amide bonds. The molecule has 7 nitrogen and oxygen atoms in total. The number of halogens is 1. The topological polar surface area (TPSA) is 92.1 Å². The quantitative estimate of drug-likeness (QED) is 0.311. The molecule has 0 unspecified atom stereocenters. The first kappa shape index (κ1) is 19.8. The van der Waals surface area contributed by atoms with E-state index in [-0.39, 0.29) is 0 Å². The summed E-state index contributed by atoms with van der Waals surface area (Å²) in [6.07, 6.45) is 3.34. The number of para-hydroxylation sites is 1. The van der Waals surface area contributed by atoms with Crippen molar-refractivity contribution in [3.63, 3.8) is 0 Å². The lowest BCUT2D eigenvalue weighted by Gasteiger charge is -2.42. The van der Waals surface area contributed by atoms with Gasteiger partial charge in [0.25, 0.3) is 0 Å². The van der Waals surface area contributed by atoms with Crippen LogP contribution in [0, 0.1) is 0 Å². The number of hydrogen-bond acceptors (Lipinski definition) is 4. The van der Waals surface area contributed by atoms with Crippen LogP contribution in [0.1, 0.15) is 24.8 Å². The summed E-state index contributed by atoms with van der Waals surface area (Å²) in [4.78, 5) is 20.6. The van der Waals surface area contributed by atoms with E-state index in [9.17, 15) is 9.90 Å². The van der Waals surface area contributed by atoms with E-state index in [4.69, 9.17) is 16.6 Å². The molecule has 4 aromatic rings. The van der Waals surface area contributed by atoms with E-state index in [1.165, 1.54) is 0 Å². The van der Waals surface area contributed by atoms with Gasteiger partial charge in [0.1, 0.15) is 5.82 Å². The zero-order valence-electron chi connectivity index (χ0n) is 17.5. The molecule has 1 aliphatic heterocycles. The van der Waals surface area contributed by atoms with Crippen molar-refractivity contribution < 1.29 is 9.90 Å². The largest absolute Gasteiger partial charge is 0.465 e. The molecule has 0 atom stereocenters. The van der Waals surface area contributed by atoms with Crippen molar-refractivity contribution in [2.45, 2.75) is 24.8 Å². The van der Waals surface area contributed by atoms with Gasteiger partial charge in [-0.2, -0.15) is 0 Å². The highest BCUT2D eigenvalue weighted by atomic mass is 35.5. The standard InChI is InChI=1S/C25H20ClN5O2/c26-21-20(15-8-10-16(11-9-15)25(12-4-13-25)30-24(32)33)31-19-7-3-14-27-22(19)28-18-6-2-1-5-17(18)23(31)29-21/h1-3,5-11,14,30H,4,12-13H2,(H,27,28)(H,32,33). The summed E-state index contributed by atoms with van der Waals surface area (Å²) in [6, 6.07) is 19.7. The molecule has 1 saturated carbocycles. The van der Waals surface area contributed by atoms with Gasteiger partial charge in [0.15, 0.2) is 11.0 Å². The Balaban J connectivity index is 1.52. The van der Waals surface area contributed by atoms with Crippen LogP contribution in [-0.4, -0.2) is 25.7 Å². The Morgan fingerprint density at radius 1 is 1.09 bits per heavy atom. The van der Waals surface area contributed by atoms with E-state index in [2.05, 4.69) is 15.6 Å². The predicted molar refractivity (Wildman–Crippen MR) is 127 cm³/mol. The van der Waals surface area contributed by atoms with Crippen molar-refractivity contribution >= 4 is 29.2 Å². The lowest BCUT2D eigenvalue weighted by molar-refractivity contribution is 0.144. The second-order valence-corrected chi connectivity index (χ2v) is 8.75. The summed E-state index contributed by atoms with van der Waals surface area (Å²) < 4.78 is 2.03. The number of aromatic nitrogens is 3. The molecule has 2 aromatic heterocycles. The number of anilines is 2. The minimum Gasteiger partial charge on any atom is -0.465 e. The Morgan fingerprint density at radius 3 is 2.61 bits per heavy atom. The summed E-state index contributed by atoms with van der Waals surface area (Å²) in [5.74, 6) is 1.45. The van der Waals surface area contributed by atoms with Gasteiger partial charge in [0.05, 0.1) is 22.6 Å². The van der Waals surface area contributed by atoms with Crippen molar-refractivity contribution in [1.29, 1.82) is 0 Å². The zero-order valence-corrected chi connectivity index (χ0v) is 18.3. The van der Waals surface area contributed by atoms with E-state index >= 15 is 0 Å². The molecule has 2 aromatic carbocycles. The molecule has 6 rings (SSSR count). The van der Waals surface area contributed by atoms with Crippen LogP contribution in [0.5, 0.6) is 0 Å². The van der Waals surface area contributed by atoms with Crippen molar-refractivity contribution in [3.05, 3.63) is 77.6 Å². The number of carboxylic acid groups (broad SMARTS) is 1. The van der Waals surface area contributed by atoms with Crippen molar-refractivity contribution in [3.8, 4) is 28.3 Å². The van der Waals surface area contributed by atoms with Crippen molar-refractivity contribution in [2.24, 2.45) is 0 Å². The van der Waals surface area contributed by atoms with Gasteiger partial charge in [-0.15, -0.1) is 0 Å². The highest BCUT2D eigenvalue weighted by Crippen LogP contribution is 2.45. The number of carbonyl (C=O) groups is 1. The maximum absolute atomic E-state index is 11.3. The molecule has 33 heavy (non-hydrogen) atoms. The van der Waals surface area contributed by atoms with Crippen LogP contribution in [0.2, 0.25) is 5.15 Å². The first-order valence-corrected chi connectivity index (χ1v) is 11.2. The predicted octanol–water partition coefficient (Wildman–Crippen LogP) is 5.96. The zero-order chi connectivity index (χ0) is 22.6. The molecule has 3 N–H and O–H groups in total. The van der Waals surface area contributed by atoms with E-state index in [1.54, 1.807) is 6.20 Å². The van der Waals surface area contributed by atoms with E-state index < -0.39 is 11.6 Å². The Labute approximate surface area is 195 Å². The molecule has 0 bridgehead atoms. The number of benzene rings is 2. The van der Waals surface area contributed by atoms with Crippen LogP contribution in [-0.2, 0) is 5.54 Å². The monoisotopic (exact) mass is 457 g/mol. The lowest BCUT2D eigenvalue weighted by atomic mass is 9.72. The van der Waals surface area contributed by atoms with Gasteiger partial charge in [-0.25, -0.2) is 14.8 Å². The van der Waals surface area contributed by atoms with Gasteiger partial charge in [0.2, 0.25) is 0 Å². The third-order valence-electron chi connectivity index (χ3n) is 6.55. The minimum atomic E-state index is -1.00. The van der Waals surface area contributed by atoms with Crippen LogP contribution in [0.4, 0.5) is 16.3 Å². The van der Waals surface area contributed by atoms with Gasteiger partial charge >= 0.3 is 6.09 Å². The van der Waals surface area contributed by atoms with Crippen molar-refractivity contribution in [1.82, 2.24) is 19.9 Å². The Hall–Kier alpha value is -3.84. The second kappa shape index (κ2) is 7.35. The summed E-state index contributed by atoms with van der Waals surface area (Å²) in [5, 5.41) is 15.8. The molecule has 1 fully saturated rings. The first-order chi connectivity index (χ1) is 16.1. The molecule has 0 radical (unpaired) electrons. The summed E-state index contributed by atoms with van der Waals surface area (Å²) in [5.41, 5.74) is 4.79. The fourth-order valence-electron chi connectivity index (χ4n) is 4.81. The fraction of sp³-hybridized carbons (Fsp3) is 0.160. The minimum absolute atomic E-state index is 0.395. The lowest BCUT2D eigenvalue weighted by Crippen LogP contribution is -2.50. The van der Waals surface area contributed by atoms with Gasteiger partial charge in [-0.1, -0.05) is 48.0 Å². The Bertz CT molecular complexity index is 1390.